The minimum absolute atomic E-state index is 0.122. The maximum atomic E-state index is 12.7. The molecule has 0 spiro atoms. The summed E-state index contributed by atoms with van der Waals surface area (Å²) in [5, 5.41) is 12.2. The number of hydrogen-bond acceptors (Lipinski definition) is 3. The van der Waals surface area contributed by atoms with Crippen LogP contribution >= 0.6 is 0 Å². The molecular formula is C15H26N2O3. The van der Waals surface area contributed by atoms with Crippen LogP contribution in [0.3, 0.4) is 0 Å². The van der Waals surface area contributed by atoms with Crippen molar-refractivity contribution in [3.05, 3.63) is 0 Å². The van der Waals surface area contributed by atoms with Crippen molar-refractivity contribution in [2.45, 2.75) is 64.0 Å². The minimum Gasteiger partial charge on any atom is -0.481 e. The minimum atomic E-state index is -0.765. The van der Waals surface area contributed by atoms with Gasteiger partial charge < -0.3 is 15.3 Å². The van der Waals surface area contributed by atoms with E-state index >= 15 is 0 Å². The van der Waals surface area contributed by atoms with Crippen LogP contribution in [-0.4, -0.2) is 47.1 Å². The molecule has 2 fully saturated rings. The molecule has 0 saturated carbocycles. The van der Waals surface area contributed by atoms with Crippen molar-refractivity contribution in [3.63, 3.8) is 0 Å². The van der Waals surface area contributed by atoms with Gasteiger partial charge in [0.05, 0.1) is 0 Å². The summed E-state index contributed by atoms with van der Waals surface area (Å²) in [5.74, 6) is -0.386. The summed E-state index contributed by atoms with van der Waals surface area (Å²) in [6.45, 7) is 3.84. The van der Waals surface area contributed by atoms with E-state index in [4.69, 9.17) is 5.11 Å². The summed E-state index contributed by atoms with van der Waals surface area (Å²) in [5.41, 5.74) is 0. The molecule has 2 aliphatic heterocycles. The molecule has 20 heavy (non-hydrogen) atoms. The number of carbonyl (C=O) groups is 2. The summed E-state index contributed by atoms with van der Waals surface area (Å²) in [4.78, 5) is 25.4. The van der Waals surface area contributed by atoms with E-state index in [-0.39, 0.29) is 24.3 Å². The average Bonchev–Trinajstić information content (AvgIpc) is 2.44. The number of carboxylic acid groups (broad SMARTS) is 1. The Labute approximate surface area is 120 Å². The van der Waals surface area contributed by atoms with E-state index in [2.05, 4.69) is 12.2 Å². The molecule has 2 heterocycles. The third-order valence-corrected chi connectivity index (χ3v) is 4.57. The highest BCUT2D eigenvalue weighted by atomic mass is 16.4. The zero-order valence-corrected chi connectivity index (χ0v) is 12.3. The van der Waals surface area contributed by atoms with E-state index in [9.17, 15) is 9.59 Å². The number of amides is 1. The van der Waals surface area contributed by atoms with Gasteiger partial charge in [0.1, 0.15) is 0 Å². The first-order valence-electron chi connectivity index (χ1n) is 7.83. The second-order valence-corrected chi connectivity index (χ2v) is 6.19. The maximum Gasteiger partial charge on any atom is 0.303 e. The van der Waals surface area contributed by atoms with Crippen molar-refractivity contribution in [2.75, 3.05) is 13.1 Å². The Bertz CT molecular complexity index is 359. The van der Waals surface area contributed by atoms with Crippen LogP contribution in [0, 0.1) is 5.92 Å². The first-order chi connectivity index (χ1) is 9.58. The molecule has 2 rings (SSSR count). The molecule has 0 bridgehead atoms. The van der Waals surface area contributed by atoms with Gasteiger partial charge >= 0.3 is 5.97 Å². The summed E-state index contributed by atoms with van der Waals surface area (Å²) in [6.07, 6.45) is 5.69. The number of aliphatic carboxylic acids is 1. The number of nitrogens with one attached hydrogen (secondary N) is 1. The van der Waals surface area contributed by atoms with Crippen LogP contribution in [-0.2, 0) is 9.59 Å². The average molecular weight is 282 g/mol. The molecule has 2 N–H and O–H groups in total. The lowest BCUT2D eigenvalue weighted by molar-refractivity contribution is -0.143. The number of nitrogens with zero attached hydrogens (tertiary/aromatic N) is 1. The van der Waals surface area contributed by atoms with Crippen LogP contribution in [0.25, 0.3) is 0 Å². The summed E-state index contributed by atoms with van der Waals surface area (Å²) in [7, 11) is 0. The molecule has 1 amide bonds. The lowest BCUT2D eigenvalue weighted by Gasteiger charge is -2.39. The number of likely N-dealkylation sites (tertiary alicyclic amines) is 1. The Kier molecular flexibility index (Phi) is 5.40. The van der Waals surface area contributed by atoms with Crippen LogP contribution in [0.1, 0.15) is 51.9 Å². The SMILES string of the molecule is CC1CC(C(=O)N2CCCCC2CCC(=O)O)CCN1. The first kappa shape index (κ1) is 15.3. The third kappa shape index (κ3) is 3.95. The van der Waals surface area contributed by atoms with E-state index in [1.807, 2.05) is 4.90 Å². The van der Waals surface area contributed by atoms with Crippen LogP contribution in [0.5, 0.6) is 0 Å². The van der Waals surface area contributed by atoms with Crippen molar-refractivity contribution in [1.82, 2.24) is 10.2 Å². The van der Waals surface area contributed by atoms with Crippen LogP contribution < -0.4 is 5.32 Å². The zero-order chi connectivity index (χ0) is 14.5. The Hall–Kier alpha value is -1.10. The fraction of sp³-hybridized carbons (Fsp3) is 0.867. The van der Waals surface area contributed by atoms with Gasteiger partial charge in [-0.15, -0.1) is 0 Å². The topological polar surface area (TPSA) is 69.6 Å². The predicted molar refractivity (Wildman–Crippen MR) is 76.4 cm³/mol. The van der Waals surface area contributed by atoms with Gasteiger partial charge in [0.2, 0.25) is 5.91 Å². The largest absolute Gasteiger partial charge is 0.481 e. The van der Waals surface area contributed by atoms with Crippen molar-refractivity contribution >= 4 is 11.9 Å². The lowest BCUT2D eigenvalue weighted by atomic mass is 9.89. The molecule has 2 aliphatic rings. The fourth-order valence-electron chi connectivity index (χ4n) is 3.47. The van der Waals surface area contributed by atoms with E-state index in [0.29, 0.717) is 12.5 Å². The third-order valence-electron chi connectivity index (χ3n) is 4.57. The van der Waals surface area contributed by atoms with E-state index in [1.165, 1.54) is 0 Å². The quantitative estimate of drug-likeness (QED) is 0.822. The van der Waals surface area contributed by atoms with Crippen LogP contribution in [0.4, 0.5) is 0 Å². The number of hydrogen-bond donors (Lipinski definition) is 2. The second kappa shape index (κ2) is 7.07. The van der Waals surface area contributed by atoms with Gasteiger partial charge in [-0.05, 0) is 52.0 Å². The summed E-state index contributed by atoms with van der Waals surface area (Å²) < 4.78 is 0. The van der Waals surface area contributed by atoms with Crippen LogP contribution in [0.15, 0.2) is 0 Å². The highest BCUT2D eigenvalue weighted by molar-refractivity contribution is 5.79. The van der Waals surface area contributed by atoms with Gasteiger partial charge in [-0.25, -0.2) is 0 Å². The smallest absolute Gasteiger partial charge is 0.303 e. The zero-order valence-electron chi connectivity index (χ0n) is 12.3. The van der Waals surface area contributed by atoms with Crippen molar-refractivity contribution in [3.8, 4) is 0 Å². The molecule has 3 atom stereocenters. The van der Waals surface area contributed by atoms with Gasteiger partial charge in [0, 0.05) is 31.0 Å². The van der Waals surface area contributed by atoms with Crippen molar-refractivity contribution < 1.29 is 14.7 Å². The number of piperidine rings is 2. The summed E-state index contributed by atoms with van der Waals surface area (Å²) >= 11 is 0. The second-order valence-electron chi connectivity index (χ2n) is 6.19. The molecule has 5 nitrogen and oxygen atoms in total. The van der Waals surface area contributed by atoms with Gasteiger partial charge in [-0.3, -0.25) is 9.59 Å². The van der Waals surface area contributed by atoms with Gasteiger partial charge in [0.15, 0.2) is 0 Å². The van der Waals surface area contributed by atoms with Crippen molar-refractivity contribution in [2.24, 2.45) is 5.92 Å². The maximum absolute atomic E-state index is 12.7. The molecule has 0 aromatic rings. The first-order valence-corrected chi connectivity index (χ1v) is 7.83. The monoisotopic (exact) mass is 282 g/mol. The fourth-order valence-corrected chi connectivity index (χ4v) is 3.47. The molecular weight excluding hydrogens is 256 g/mol. The highest BCUT2D eigenvalue weighted by Gasteiger charge is 2.33. The van der Waals surface area contributed by atoms with Gasteiger partial charge in [0.25, 0.3) is 0 Å². The van der Waals surface area contributed by atoms with Gasteiger partial charge in [-0.2, -0.15) is 0 Å². The molecule has 114 valence electrons. The normalized spacial score (nSPS) is 31.1. The molecule has 0 aromatic carbocycles. The number of carbonyl (C=O) groups excluding carboxylic acids is 1. The Morgan fingerprint density at radius 3 is 2.80 bits per heavy atom. The lowest BCUT2D eigenvalue weighted by Crippen LogP contribution is -2.49. The highest BCUT2D eigenvalue weighted by Crippen LogP contribution is 2.26. The van der Waals surface area contributed by atoms with Crippen molar-refractivity contribution in [1.29, 1.82) is 0 Å². The predicted octanol–water partition coefficient (Wildman–Crippen LogP) is 1.62. The van der Waals surface area contributed by atoms with E-state index < -0.39 is 5.97 Å². The Morgan fingerprint density at radius 2 is 2.10 bits per heavy atom. The molecule has 0 aliphatic carbocycles. The molecule has 2 saturated heterocycles. The summed E-state index contributed by atoms with van der Waals surface area (Å²) in [6, 6.07) is 0.539. The molecule has 0 aromatic heterocycles. The Balaban J connectivity index is 1.95. The molecule has 5 heteroatoms. The number of carboxylic acids is 1. The van der Waals surface area contributed by atoms with E-state index in [0.717, 1.165) is 45.2 Å². The Morgan fingerprint density at radius 1 is 1.30 bits per heavy atom. The molecule has 0 radical (unpaired) electrons. The van der Waals surface area contributed by atoms with Gasteiger partial charge in [-0.1, -0.05) is 0 Å². The number of rotatable bonds is 4. The standard InChI is InChI=1S/C15H26N2O3/c1-11-10-12(7-8-16-11)15(20)17-9-3-2-4-13(17)5-6-14(18)19/h11-13,16H,2-10H2,1H3,(H,18,19). The van der Waals surface area contributed by atoms with E-state index in [1.54, 1.807) is 0 Å². The van der Waals surface area contributed by atoms with Crippen LogP contribution in [0.2, 0.25) is 0 Å². The molecule has 3 unspecified atom stereocenters.